The van der Waals surface area contributed by atoms with Crippen LogP contribution in [-0.2, 0) is 33.3 Å². The summed E-state index contributed by atoms with van der Waals surface area (Å²) in [5, 5.41) is 11.9. The molecule has 0 saturated carbocycles. The minimum atomic E-state index is -1.62. The summed E-state index contributed by atoms with van der Waals surface area (Å²) in [5.41, 5.74) is 0. The lowest BCUT2D eigenvalue weighted by molar-refractivity contribution is -0.870. The Balaban J connectivity index is 3.83. The lowest BCUT2D eigenvalue weighted by Crippen LogP contribution is -2.44. The fraction of sp³-hybridized carbons (Fsp3) is 0.949. The number of allylic oxidation sites excluding steroid dienone is 2. The van der Waals surface area contributed by atoms with E-state index in [4.69, 9.17) is 18.9 Å². The third kappa shape index (κ3) is 91.1. The average Bonchev–Trinajstić information content (AvgIpc) is 0.965. The number of hydrogen-bond acceptors (Lipinski definition) is 8. The molecule has 2 unspecified atom stereocenters. The van der Waals surface area contributed by atoms with E-state index in [-0.39, 0.29) is 32.2 Å². The van der Waals surface area contributed by atoms with Crippen molar-refractivity contribution in [2.45, 2.75) is 553 Å². The maximum Gasteiger partial charge on any atom is 0.306 e. The van der Waals surface area contributed by atoms with Crippen LogP contribution in [0.3, 0.4) is 0 Å². The predicted molar refractivity (Wildman–Crippen MR) is 464 cm³/mol. The number of nitrogens with zero attached hydrogens (tertiary/aromatic N) is 1. The van der Waals surface area contributed by atoms with Gasteiger partial charge in [-0.15, -0.1) is 0 Å². The molecule has 0 amide bonds. The van der Waals surface area contributed by atoms with Crippen LogP contribution in [0.2, 0.25) is 0 Å². The van der Waals surface area contributed by atoms with E-state index in [1.165, 1.54) is 475 Å². The van der Waals surface area contributed by atoms with Gasteiger partial charge < -0.3 is 33.3 Å². The second kappa shape index (κ2) is 89.6. The summed E-state index contributed by atoms with van der Waals surface area (Å²) < 4.78 is 23.0. The van der Waals surface area contributed by atoms with Gasteiger partial charge in [-0.2, -0.15) is 0 Å². The third-order valence-corrected chi connectivity index (χ3v) is 23.0. The summed E-state index contributed by atoms with van der Waals surface area (Å²) in [4.78, 5) is 37.7. The normalized spacial score (nSPS) is 12.5. The molecule has 0 saturated heterocycles. The molecule has 0 aromatic heterocycles. The Hall–Kier alpha value is -1.97. The Labute approximate surface area is 669 Å². The van der Waals surface area contributed by atoms with E-state index in [1.54, 1.807) is 0 Å². The van der Waals surface area contributed by atoms with Crippen molar-refractivity contribution in [1.82, 2.24) is 0 Å². The molecule has 9 heteroatoms. The van der Waals surface area contributed by atoms with Crippen molar-refractivity contribution in [2.75, 3.05) is 47.5 Å². The van der Waals surface area contributed by atoms with Gasteiger partial charge in [-0.25, -0.2) is 0 Å². The fourth-order valence-corrected chi connectivity index (χ4v) is 15.6. The summed E-state index contributed by atoms with van der Waals surface area (Å²) >= 11 is 0. The van der Waals surface area contributed by atoms with Crippen LogP contribution in [-0.4, -0.2) is 82.3 Å². The van der Waals surface area contributed by atoms with Gasteiger partial charge in [-0.1, -0.05) is 501 Å². The zero-order valence-electron chi connectivity index (χ0n) is 73.3. The first kappa shape index (κ1) is 105. The summed E-state index contributed by atoms with van der Waals surface area (Å²) in [7, 11) is 5.97. The molecule has 0 aliphatic carbocycles. The maximum atomic E-state index is 13.0. The van der Waals surface area contributed by atoms with Gasteiger partial charge in [0.25, 0.3) is 0 Å². The second-order valence-corrected chi connectivity index (χ2v) is 35.1. The number of unbranched alkanes of at least 4 members (excludes halogenated alkanes) is 77. The Morgan fingerprint density at radius 2 is 0.477 bits per heavy atom. The molecule has 0 rings (SSSR count). The highest BCUT2D eigenvalue weighted by Crippen LogP contribution is 2.22. The number of rotatable bonds is 94. The Morgan fingerprint density at radius 1 is 0.271 bits per heavy atom. The van der Waals surface area contributed by atoms with E-state index in [2.05, 4.69) is 26.0 Å². The molecule has 0 radical (unpaired) electrons. The largest absolute Gasteiger partial charge is 0.545 e. The molecule has 0 aromatic rings. The van der Waals surface area contributed by atoms with E-state index in [0.29, 0.717) is 17.4 Å². The van der Waals surface area contributed by atoms with E-state index < -0.39 is 24.3 Å². The lowest BCUT2D eigenvalue weighted by Gasteiger charge is -2.26. The van der Waals surface area contributed by atoms with Gasteiger partial charge in [-0.3, -0.25) is 9.59 Å². The Kier molecular flexibility index (Phi) is 87.9. The van der Waals surface area contributed by atoms with Crippen molar-refractivity contribution >= 4 is 17.9 Å². The van der Waals surface area contributed by atoms with Crippen LogP contribution in [0.5, 0.6) is 0 Å². The molecule has 0 aromatic carbocycles. The Morgan fingerprint density at radius 3 is 0.692 bits per heavy atom. The molecule has 107 heavy (non-hydrogen) atoms. The van der Waals surface area contributed by atoms with Gasteiger partial charge in [0.05, 0.1) is 40.3 Å². The maximum absolute atomic E-state index is 13.0. The molecule has 0 bridgehead atoms. The number of carbonyl (C=O) groups is 3. The van der Waals surface area contributed by atoms with Crippen molar-refractivity contribution in [2.24, 2.45) is 0 Å². The van der Waals surface area contributed by atoms with Gasteiger partial charge in [-0.05, 0) is 38.5 Å². The molecule has 0 heterocycles. The SMILES string of the molecule is CCCCCCCCCC/C=C\CCCCCCCCCCCCCCCCCCCCCCCCCCCCCCCC(=O)OC(COC(=O)CCCCCCCCCCCCCCCCCCCCCCCCCCCCCCCCCCCCCCCCCCC)COC(OCC[N+](C)(C)C)C(=O)[O-]. The number of likely N-dealkylation sites (N-methyl/N-ethyl adjacent to an activating group) is 1. The molecule has 0 aliphatic heterocycles. The summed E-state index contributed by atoms with van der Waals surface area (Å²) in [5.74, 6) is -2.24. The number of hydrogen-bond donors (Lipinski definition) is 0. The first-order valence-corrected chi connectivity index (χ1v) is 48.8. The number of aliphatic carboxylic acids is 1. The van der Waals surface area contributed by atoms with Gasteiger partial charge >= 0.3 is 11.9 Å². The third-order valence-electron chi connectivity index (χ3n) is 23.0. The molecular formula is C98H191NO8. The Bertz CT molecular complexity index is 1770. The van der Waals surface area contributed by atoms with Crippen molar-refractivity contribution in [3.05, 3.63) is 12.2 Å². The van der Waals surface area contributed by atoms with Crippen molar-refractivity contribution < 1.29 is 42.9 Å². The summed E-state index contributed by atoms with van der Waals surface area (Å²) in [6.45, 7) is 4.86. The van der Waals surface area contributed by atoms with Crippen LogP contribution in [0.25, 0.3) is 0 Å². The molecule has 0 fully saturated rings. The highest BCUT2D eigenvalue weighted by Gasteiger charge is 2.22. The molecule has 2 atom stereocenters. The highest BCUT2D eigenvalue weighted by molar-refractivity contribution is 5.70. The minimum Gasteiger partial charge on any atom is -0.545 e. The van der Waals surface area contributed by atoms with Gasteiger partial charge in [0, 0.05) is 12.8 Å². The number of ether oxygens (including phenoxy) is 4. The van der Waals surface area contributed by atoms with Crippen LogP contribution in [0, 0.1) is 0 Å². The van der Waals surface area contributed by atoms with Crippen LogP contribution < -0.4 is 5.11 Å². The molecule has 0 spiro atoms. The predicted octanol–water partition coefficient (Wildman–Crippen LogP) is 30.8. The summed E-state index contributed by atoms with van der Waals surface area (Å²) in [6, 6.07) is 0. The zero-order valence-corrected chi connectivity index (χ0v) is 73.3. The second-order valence-electron chi connectivity index (χ2n) is 35.1. The van der Waals surface area contributed by atoms with E-state index in [9.17, 15) is 19.5 Å². The monoisotopic (exact) mass is 1510 g/mol. The van der Waals surface area contributed by atoms with Crippen LogP contribution in [0.15, 0.2) is 12.2 Å². The number of carboxylic acid groups (broad SMARTS) is 1. The van der Waals surface area contributed by atoms with Crippen LogP contribution >= 0.6 is 0 Å². The quantitative estimate of drug-likeness (QED) is 0.0195. The van der Waals surface area contributed by atoms with Gasteiger partial charge in [0.15, 0.2) is 12.4 Å². The smallest absolute Gasteiger partial charge is 0.306 e. The first-order chi connectivity index (χ1) is 52.6. The van der Waals surface area contributed by atoms with Crippen LogP contribution in [0.4, 0.5) is 0 Å². The average molecular weight is 1510 g/mol. The first-order valence-electron chi connectivity index (χ1n) is 48.8. The van der Waals surface area contributed by atoms with E-state index in [0.717, 1.165) is 38.5 Å². The van der Waals surface area contributed by atoms with Crippen molar-refractivity contribution in [1.29, 1.82) is 0 Å². The van der Waals surface area contributed by atoms with Crippen molar-refractivity contribution in [3.8, 4) is 0 Å². The van der Waals surface area contributed by atoms with E-state index >= 15 is 0 Å². The molecule has 9 nitrogen and oxygen atoms in total. The molecule has 636 valence electrons. The topological polar surface area (TPSA) is 111 Å². The molecule has 0 N–H and O–H groups in total. The molecular weight excluding hydrogens is 1320 g/mol. The number of esters is 2. The minimum absolute atomic E-state index is 0.153. The zero-order chi connectivity index (χ0) is 77.4. The highest BCUT2D eigenvalue weighted by atomic mass is 16.7. The van der Waals surface area contributed by atoms with Crippen LogP contribution in [0.1, 0.15) is 540 Å². The fourth-order valence-electron chi connectivity index (χ4n) is 15.6. The number of carbonyl (C=O) groups excluding carboxylic acids is 3. The van der Waals surface area contributed by atoms with E-state index in [1.807, 2.05) is 21.1 Å². The summed E-state index contributed by atoms with van der Waals surface area (Å²) in [6.07, 6.45) is 113. The lowest BCUT2D eigenvalue weighted by atomic mass is 10.0. The van der Waals surface area contributed by atoms with Crippen molar-refractivity contribution in [3.63, 3.8) is 0 Å². The van der Waals surface area contributed by atoms with Gasteiger partial charge in [0.2, 0.25) is 0 Å². The standard InChI is InChI=1S/C98H191NO8/c1-6-8-10-12-14-16-18-20-22-24-26-28-30-32-34-36-38-40-42-44-46-48-50-52-54-56-58-60-62-64-66-68-70-72-74-76-78-80-82-84-86-88-95(100)105-92-94(93-106-98(97(102)103)104-91-90-99(3,4)5)107-96(101)89-87-85-83-81-79-77-75-73-71-69-67-65-63-61-59-57-55-53-51-49-47-45-43-41-39-37-35-33-31-29-27-25-23-21-19-17-15-13-11-9-7-2/h25,27,94,98H,6-24,26,28-93H2,1-5H3/b27-25-. The van der Waals surface area contributed by atoms with Gasteiger partial charge in [0.1, 0.15) is 13.2 Å². The molecule has 0 aliphatic rings. The number of quaternary nitrogens is 1. The number of carboxylic acids is 1.